The van der Waals surface area contributed by atoms with Crippen molar-refractivity contribution in [2.75, 3.05) is 20.6 Å². The largest absolute Gasteiger partial charge is 0.479 e. The van der Waals surface area contributed by atoms with Crippen molar-refractivity contribution in [2.24, 2.45) is 0 Å². The molecule has 0 fully saturated rings. The number of nitrogens with zero attached hydrogens (tertiary/aromatic N) is 1. The van der Waals surface area contributed by atoms with Crippen LogP contribution in [0.25, 0.3) is 0 Å². The Kier molecular flexibility index (Phi) is 4.44. The van der Waals surface area contributed by atoms with Gasteiger partial charge in [-0.1, -0.05) is 30.3 Å². The van der Waals surface area contributed by atoms with Crippen LogP contribution >= 0.6 is 0 Å². The van der Waals surface area contributed by atoms with E-state index in [-0.39, 0.29) is 12.5 Å². The second kappa shape index (κ2) is 5.64. The molecule has 1 unspecified atom stereocenters. The highest BCUT2D eigenvalue weighted by Crippen LogP contribution is 2.20. The number of carboxylic acids is 1. The van der Waals surface area contributed by atoms with Crippen LogP contribution in [0.5, 0.6) is 0 Å². The van der Waals surface area contributed by atoms with Crippen LogP contribution in [-0.2, 0) is 15.1 Å². The van der Waals surface area contributed by atoms with Gasteiger partial charge in [-0.25, -0.2) is 4.79 Å². The maximum atomic E-state index is 11.7. The van der Waals surface area contributed by atoms with Gasteiger partial charge in [0, 0.05) is 0 Å². The first kappa shape index (κ1) is 14.2. The van der Waals surface area contributed by atoms with Gasteiger partial charge in [0.1, 0.15) is 0 Å². The molecule has 1 aromatic carbocycles. The Hall–Kier alpha value is -1.88. The summed E-state index contributed by atoms with van der Waals surface area (Å²) in [5.41, 5.74) is -0.862. The molecular formula is C13H18N2O3. The molecule has 0 heterocycles. The lowest BCUT2D eigenvalue weighted by Crippen LogP contribution is -2.51. The van der Waals surface area contributed by atoms with E-state index in [9.17, 15) is 14.7 Å². The first-order chi connectivity index (χ1) is 8.36. The number of carboxylic acid groups (broad SMARTS) is 1. The molecule has 1 amide bonds. The number of rotatable bonds is 5. The number of carbonyl (C=O) groups excluding carboxylic acids is 1. The standard InChI is InChI=1S/C13H18N2O3/c1-13(12(17)18,10-7-5-4-6-8-10)14-11(16)9-15(2)3/h4-8H,9H2,1-3H3,(H,14,16)(H,17,18). The third-order valence-electron chi connectivity index (χ3n) is 2.63. The van der Waals surface area contributed by atoms with Crippen molar-refractivity contribution in [3.05, 3.63) is 35.9 Å². The monoisotopic (exact) mass is 250 g/mol. The molecule has 0 aliphatic rings. The average Bonchev–Trinajstić information content (AvgIpc) is 2.28. The van der Waals surface area contributed by atoms with Crippen LogP contribution < -0.4 is 5.32 Å². The van der Waals surface area contributed by atoms with E-state index < -0.39 is 11.5 Å². The summed E-state index contributed by atoms with van der Waals surface area (Å²) in [6.45, 7) is 1.63. The van der Waals surface area contributed by atoms with E-state index in [2.05, 4.69) is 5.32 Å². The first-order valence-corrected chi connectivity index (χ1v) is 5.61. The highest BCUT2D eigenvalue weighted by molar-refractivity contribution is 5.88. The maximum Gasteiger partial charge on any atom is 0.333 e. The van der Waals surface area contributed by atoms with Gasteiger partial charge >= 0.3 is 5.97 Å². The number of amides is 1. The Bertz CT molecular complexity index is 431. The van der Waals surface area contributed by atoms with Crippen molar-refractivity contribution >= 4 is 11.9 Å². The molecule has 5 heteroatoms. The van der Waals surface area contributed by atoms with E-state index in [1.54, 1.807) is 49.3 Å². The first-order valence-electron chi connectivity index (χ1n) is 5.61. The molecule has 1 rings (SSSR count). The number of benzene rings is 1. The summed E-state index contributed by atoms with van der Waals surface area (Å²) in [4.78, 5) is 24.8. The molecule has 0 aliphatic carbocycles. The van der Waals surface area contributed by atoms with Gasteiger partial charge in [-0.05, 0) is 26.6 Å². The minimum Gasteiger partial charge on any atom is -0.479 e. The van der Waals surface area contributed by atoms with Crippen LogP contribution in [0, 0.1) is 0 Å². The van der Waals surface area contributed by atoms with Gasteiger partial charge in [-0.3, -0.25) is 4.79 Å². The Morgan fingerprint density at radius 3 is 2.28 bits per heavy atom. The minimum atomic E-state index is -1.41. The Morgan fingerprint density at radius 1 is 1.28 bits per heavy atom. The molecular weight excluding hydrogens is 232 g/mol. The van der Waals surface area contributed by atoms with E-state index in [0.29, 0.717) is 5.56 Å². The molecule has 0 aliphatic heterocycles. The van der Waals surface area contributed by atoms with Crippen LogP contribution in [0.2, 0.25) is 0 Å². The summed E-state index contributed by atoms with van der Waals surface area (Å²) in [7, 11) is 3.50. The summed E-state index contributed by atoms with van der Waals surface area (Å²) >= 11 is 0. The van der Waals surface area contributed by atoms with Crippen molar-refractivity contribution in [3.8, 4) is 0 Å². The molecule has 2 N–H and O–H groups in total. The van der Waals surface area contributed by atoms with E-state index in [0.717, 1.165) is 0 Å². The molecule has 0 radical (unpaired) electrons. The molecule has 1 aromatic rings. The lowest BCUT2D eigenvalue weighted by Gasteiger charge is -2.27. The maximum absolute atomic E-state index is 11.7. The second-order valence-corrected chi connectivity index (χ2v) is 4.58. The molecule has 1 atom stereocenters. The predicted octanol–water partition coefficient (Wildman–Crippen LogP) is 0.664. The van der Waals surface area contributed by atoms with Gasteiger partial charge in [0.2, 0.25) is 5.91 Å². The van der Waals surface area contributed by atoms with Crippen LogP contribution in [0.3, 0.4) is 0 Å². The minimum absolute atomic E-state index is 0.149. The normalized spacial score (nSPS) is 14.0. The quantitative estimate of drug-likeness (QED) is 0.805. The number of likely N-dealkylation sites (N-methyl/N-ethyl adjacent to an activating group) is 1. The van der Waals surface area contributed by atoms with Crippen LogP contribution in [0.15, 0.2) is 30.3 Å². The van der Waals surface area contributed by atoms with Crippen molar-refractivity contribution in [1.82, 2.24) is 10.2 Å². The van der Waals surface area contributed by atoms with Crippen molar-refractivity contribution < 1.29 is 14.7 Å². The van der Waals surface area contributed by atoms with Crippen molar-refractivity contribution in [3.63, 3.8) is 0 Å². The molecule has 18 heavy (non-hydrogen) atoms. The highest BCUT2D eigenvalue weighted by Gasteiger charge is 2.36. The Morgan fingerprint density at radius 2 is 1.83 bits per heavy atom. The molecule has 0 aromatic heterocycles. The fourth-order valence-corrected chi connectivity index (χ4v) is 1.63. The number of hydrogen-bond donors (Lipinski definition) is 2. The number of nitrogens with one attached hydrogen (secondary N) is 1. The van der Waals surface area contributed by atoms with Gasteiger partial charge in [0.25, 0.3) is 0 Å². The van der Waals surface area contributed by atoms with Crippen molar-refractivity contribution in [1.29, 1.82) is 0 Å². The lowest BCUT2D eigenvalue weighted by molar-refractivity contribution is -0.147. The molecule has 0 saturated heterocycles. The average molecular weight is 250 g/mol. The third kappa shape index (κ3) is 3.30. The molecule has 0 saturated carbocycles. The topological polar surface area (TPSA) is 69.6 Å². The van der Waals surface area contributed by atoms with Crippen LogP contribution in [0.1, 0.15) is 12.5 Å². The van der Waals surface area contributed by atoms with Crippen molar-refractivity contribution in [2.45, 2.75) is 12.5 Å². The second-order valence-electron chi connectivity index (χ2n) is 4.58. The summed E-state index contributed by atoms with van der Waals surface area (Å²) < 4.78 is 0. The third-order valence-corrected chi connectivity index (χ3v) is 2.63. The fraction of sp³-hybridized carbons (Fsp3) is 0.385. The zero-order valence-corrected chi connectivity index (χ0v) is 10.8. The predicted molar refractivity (Wildman–Crippen MR) is 68.1 cm³/mol. The van der Waals surface area contributed by atoms with Crippen LogP contribution in [0.4, 0.5) is 0 Å². The summed E-state index contributed by atoms with van der Waals surface area (Å²) in [6, 6.07) is 8.66. The van der Waals surface area contributed by atoms with E-state index in [4.69, 9.17) is 0 Å². The van der Waals surface area contributed by atoms with Gasteiger partial charge < -0.3 is 15.3 Å². The number of aliphatic carboxylic acids is 1. The molecule has 98 valence electrons. The van der Waals surface area contributed by atoms with Gasteiger partial charge in [0.15, 0.2) is 5.54 Å². The van der Waals surface area contributed by atoms with Crippen LogP contribution in [-0.4, -0.2) is 42.5 Å². The van der Waals surface area contributed by atoms with Gasteiger partial charge in [-0.2, -0.15) is 0 Å². The SMILES string of the molecule is CN(C)CC(=O)NC(C)(C(=O)O)c1ccccc1. The summed E-state index contributed by atoms with van der Waals surface area (Å²) in [6.07, 6.45) is 0. The Labute approximate surface area is 106 Å². The highest BCUT2D eigenvalue weighted by atomic mass is 16.4. The zero-order valence-electron chi connectivity index (χ0n) is 10.8. The molecule has 5 nitrogen and oxygen atoms in total. The van der Waals surface area contributed by atoms with E-state index in [1.165, 1.54) is 6.92 Å². The summed E-state index contributed by atoms with van der Waals surface area (Å²) in [5, 5.41) is 11.9. The van der Waals surface area contributed by atoms with E-state index in [1.807, 2.05) is 0 Å². The van der Waals surface area contributed by atoms with E-state index >= 15 is 0 Å². The smallest absolute Gasteiger partial charge is 0.333 e. The summed E-state index contributed by atoms with van der Waals surface area (Å²) in [5.74, 6) is -1.41. The van der Waals surface area contributed by atoms with Gasteiger partial charge in [0.05, 0.1) is 6.54 Å². The lowest BCUT2D eigenvalue weighted by atomic mass is 9.92. The Balaban J connectivity index is 2.96. The zero-order chi connectivity index (χ0) is 13.8. The fourth-order valence-electron chi connectivity index (χ4n) is 1.63. The molecule has 0 bridgehead atoms. The number of carbonyl (C=O) groups is 2. The molecule has 0 spiro atoms. The number of hydrogen-bond acceptors (Lipinski definition) is 3. The van der Waals surface area contributed by atoms with Gasteiger partial charge in [-0.15, -0.1) is 0 Å².